The van der Waals surface area contributed by atoms with E-state index in [4.69, 9.17) is 14.4 Å². The Morgan fingerprint density at radius 1 is 1.53 bits per heavy atom. The van der Waals surface area contributed by atoms with Gasteiger partial charge in [-0.1, -0.05) is 5.16 Å². The van der Waals surface area contributed by atoms with Crippen LogP contribution in [0.25, 0.3) is 0 Å². The van der Waals surface area contributed by atoms with E-state index < -0.39 is 5.97 Å². The number of aromatic carboxylic acids is 1. The summed E-state index contributed by atoms with van der Waals surface area (Å²) in [6, 6.07) is 1.51. The highest BCUT2D eigenvalue weighted by atomic mass is 16.5. The third-order valence-corrected chi connectivity index (χ3v) is 3.23. The molecule has 3 rings (SSSR count). The Balaban J connectivity index is 1.84. The maximum absolute atomic E-state index is 10.6. The second-order valence-corrected chi connectivity index (χ2v) is 4.14. The van der Waals surface area contributed by atoms with Crippen LogP contribution in [0.5, 0.6) is 0 Å². The predicted molar refractivity (Wildman–Crippen MR) is 48.7 cm³/mol. The lowest BCUT2D eigenvalue weighted by Crippen LogP contribution is -2.14. The molecule has 3 atom stereocenters. The van der Waals surface area contributed by atoms with Crippen LogP contribution in [0.3, 0.4) is 0 Å². The Morgan fingerprint density at radius 3 is 2.93 bits per heavy atom. The number of hydrogen-bond acceptors (Lipinski definition) is 4. The topological polar surface area (TPSA) is 72.6 Å². The average molecular weight is 209 g/mol. The van der Waals surface area contributed by atoms with Gasteiger partial charge in [0.1, 0.15) is 0 Å². The maximum Gasteiger partial charge on any atom is 0.374 e. The first-order valence-electron chi connectivity index (χ1n) is 5.09. The number of ether oxygens (including phenoxy) is 1. The Bertz CT molecular complexity index is 400. The fraction of sp³-hybridized carbons (Fsp3) is 0.600. The van der Waals surface area contributed by atoms with Crippen LogP contribution >= 0.6 is 0 Å². The first kappa shape index (κ1) is 8.91. The summed E-state index contributed by atoms with van der Waals surface area (Å²) < 4.78 is 10.4. The van der Waals surface area contributed by atoms with Crippen LogP contribution < -0.4 is 0 Å². The molecule has 5 heteroatoms. The van der Waals surface area contributed by atoms with Crippen molar-refractivity contribution < 1.29 is 19.2 Å². The van der Waals surface area contributed by atoms with Crippen molar-refractivity contribution >= 4 is 5.97 Å². The van der Waals surface area contributed by atoms with Gasteiger partial charge in [0, 0.05) is 12.0 Å². The molecule has 0 spiro atoms. The smallest absolute Gasteiger partial charge is 0.374 e. The van der Waals surface area contributed by atoms with Crippen molar-refractivity contribution in [3.8, 4) is 0 Å². The summed E-state index contributed by atoms with van der Waals surface area (Å²) in [6.45, 7) is 0. The van der Waals surface area contributed by atoms with Crippen LogP contribution in [-0.2, 0) is 4.74 Å². The Kier molecular flexibility index (Phi) is 1.82. The first-order valence-corrected chi connectivity index (χ1v) is 5.09. The minimum atomic E-state index is -1.07. The molecule has 2 aliphatic rings. The van der Waals surface area contributed by atoms with E-state index in [1.54, 1.807) is 0 Å². The molecule has 0 aromatic carbocycles. The number of fused-ring (bicyclic) bond motifs is 2. The molecule has 2 fully saturated rings. The van der Waals surface area contributed by atoms with Gasteiger partial charge in [0.25, 0.3) is 0 Å². The Labute approximate surface area is 86.0 Å². The number of hydrogen-bond donors (Lipinski definition) is 1. The van der Waals surface area contributed by atoms with Crippen molar-refractivity contribution in [2.45, 2.75) is 37.4 Å². The fourth-order valence-electron chi connectivity index (χ4n) is 2.51. The molecule has 0 radical (unpaired) electrons. The lowest BCUT2D eigenvalue weighted by molar-refractivity contribution is 0.0652. The molecule has 1 N–H and O–H groups in total. The highest BCUT2D eigenvalue weighted by Gasteiger charge is 2.43. The first-order chi connectivity index (χ1) is 7.24. The zero-order chi connectivity index (χ0) is 10.4. The van der Waals surface area contributed by atoms with E-state index in [9.17, 15) is 4.79 Å². The zero-order valence-corrected chi connectivity index (χ0v) is 8.05. The summed E-state index contributed by atoms with van der Waals surface area (Å²) in [5.41, 5.74) is 0.722. The lowest BCUT2D eigenvalue weighted by Gasteiger charge is -2.14. The van der Waals surface area contributed by atoms with Gasteiger partial charge in [0.05, 0.1) is 17.9 Å². The molecule has 0 amide bonds. The summed E-state index contributed by atoms with van der Waals surface area (Å²) in [6.07, 6.45) is 3.65. The van der Waals surface area contributed by atoms with Crippen LogP contribution in [0.2, 0.25) is 0 Å². The molecule has 2 saturated heterocycles. The van der Waals surface area contributed by atoms with Gasteiger partial charge in [-0.2, -0.15) is 0 Å². The molecule has 1 aromatic rings. The third kappa shape index (κ3) is 1.34. The normalized spacial score (nSPS) is 33.5. The summed E-state index contributed by atoms with van der Waals surface area (Å²) in [5.74, 6) is -0.939. The quantitative estimate of drug-likeness (QED) is 0.797. The maximum atomic E-state index is 10.6. The van der Waals surface area contributed by atoms with E-state index in [1.165, 1.54) is 6.07 Å². The molecule has 0 aliphatic carbocycles. The number of carboxylic acid groups (broad SMARTS) is 1. The van der Waals surface area contributed by atoms with Crippen molar-refractivity contribution in [3.05, 3.63) is 17.5 Å². The van der Waals surface area contributed by atoms with Crippen molar-refractivity contribution in [1.29, 1.82) is 0 Å². The monoisotopic (exact) mass is 209 g/mol. The van der Waals surface area contributed by atoms with E-state index in [0.717, 1.165) is 25.0 Å². The summed E-state index contributed by atoms with van der Waals surface area (Å²) >= 11 is 0. The summed E-state index contributed by atoms with van der Waals surface area (Å²) in [7, 11) is 0. The van der Waals surface area contributed by atoms with Gasteiger partial charge >= 0.3 is 5.97 Å². The highest BCUT2D eigenvalue weighted by molar-refractivity contribution is 5.84. The number of aromatic nitrogens is 1. The molecule has 1 aromatic heterocycles. The highest BCUT2D eigenvalue weighted by Crippen LogP contribution is 2.44. The number of nitrogens with zero attached hydrogens (tertiary/aromatic N) is 1. The Hall–Kier alpha value is -1.36. The average Bonchev–Trinajstić information content (AvgIpc) is 2.93. The molecular formula is C10H11NO4. The van der Waals surface area contributed by atoms with Crippen molar-refractivity contribution in [2.24, 2.45) is 0 Å². The molecule has 15 heavy (non-hydrogen) atoms. The Morgan fingerprint density at radius 2 is 2.40 bits per heavy atom. The van der Waals surface area contributed by atoms with Crippen LogP contribution in [0.15, 0.2) is 10.6 Å². The van der Waals surface area contributed by atoms with Crippen LogP contribution in [0, 0.1) is 0 Å². The van der Waals surface area contributed by atoms with Gasteiger partial charge in [-0.05, 0) is 19.3 Å². The van der Waals surface area contributed by atoms with E-state index in [2.05, 4.69) is 5.16 Å². The van der Waals surface area contributed by atoms with Gasteiger partial charge in [-0.3, -0.25) is 0 Å². The van der Waals surface area contributed by atoms with Gasteiger partial charge in [-0.15, -0.1) is 0 Å². The van der Waals surface area contributed by atoms with E-state index >= 15 is 0 Å². The molecule has 80 valence electrons. The molecule has 0 saturated carbocycles. The van der Waals surface area contributed by atoms with Crippen LogP contribution in [0.1, 0.15) is 41.4 Å². The minimum Gasteiger partial charge on any atom is -0.475 e. The fourth-order valence-corrected chi connectivity index (χ4v) is 2.51. The molecular weight excluding hydrogens is 198 g/mol. The minimum absolute atomic E-state index is 0.0900. The van der Waals surface area contributed by atoms with Gasteiger partial charge in [0.2, 0.25) is 5.76 Å². The predicted octanol–water partition coefficient (Wildman–Crippen LogP) is 1.41. The van der Waals surface area contributed by atoms with Gasteiger partial charge < -0.3 is 14.4 Å². The summed E-state index contributed by atoms with van der Waals surface area (Å²) in [5, 5.41) is 12.5. The van der Waals surface area contributed by atoms with Crippen molar-refractivity contribution in [1.82, 2.24) is 5.16 Å². The van der Waals surface area contributed by atoms with Crippen LogP contribution in [0.4, 0.5) is 0 Å². The number of rotatable bonds is 2. The molecule has 2 bridgehead atoms. The standard InChI is InChI=1S/C10H11NO4/c12-10(13)9-4-7(11-15-9)6-3-5-1-2-8(6)14-5/h4-6,8H,1-3H2,(H,12,13). The number of carboxylic acids is 1. The number of carbonyl (C=O) groups is 1. The summed E-state index contributed by atoms with van der Waals surface area (Å²) in [4.78, 5) is 10.6. The SMILES string of the molecule is O=C(O)c1cc(C2CC3CCC2O3)no1. The molecule has 2 aliphatic heterocycles. The van der Waals surface area contributed by atoms with E-state index in [1.807, 2.05) is 0 Å². The van der Waals surface area contributed by atoms with Gasteiger partial charge in [-0.25, -0.2) is 4.79 Å². The van der Waals surface area contributed by atoms with Crippen LogP contribution in [-0.4, -0.2) is 28.4 Å². The van der Waals surface area contributed by atoms with E-state index in [0.29, 0.717) is 6.10 Å². The van der Waals surface area contributed by atoms with Crippen molar-refractivity contribution in [2.75, 3.05) is 0 Å². The molecule has 3 unspecified atom stereocenters. The molecule has 3 heterocycles. The second kappa shape index (κ2) is 3.06. The van der Waals surface area contributed by atoms with Gasteiger partial charge in [0.15, 0.2) is 0 Å². The van der Waals surface area contributed by atoms with Crippen molar-refractivity contribution in [3.63, 3.8) is 0 Å². The van der Waals surface area contributed by atoms with E-state index in [-0.39, 0.29) is 17.8 Å². The largest absolute Gasteiger partial charge is 0.475 e. The molecule has 5 nitrogen and oxygen atoms in total. The lowest BCUT2D eigenvalue weighted by atomic mass is 9.87. The second-order valence-electron chi connectivity index (χ2n) is 4.14. The zero-order valence-electron chi connectivity index (χ0n) is 8.05. The third-order valence-electron chi connectivity index (χ3n) is 3.23.